The minimum Gasteiger partial charge on any atom is -0.465 e. The third-order valence-electron chi connectivity index (χ3n) is 3.60. The number of carbonyl (C=O) groups is 2. The van der Waals surface area contributed by atoms with Crippen LogP contribution in [0.4, 0.5) is 0 Å². The van der Waals surface area contributed by atoms with Gasteiger partial charge < -0.3 is 15.4 Å². The smallest absolute Gasteiger partial charge is 0.322 e. The van der Waals surface area contributed by atoms with E-state index in [0.717, 1.165) is 25.9 Å². The summed E-state index contributed by atoms with van der Waals surface area (Å²) in [6.07, 6.45) is 6.53. The molecule has 0 aliphatic carbocycles. The first-order valence-electron chi connectivity index (χ1n) is 7.93. The molecular weight excluding hydrogens is 288 g/mol. The minimum absolute atomic E-state index is 0.214. The van der Waals surface area contributed by atoms with Crippen LogP contribution in [0.3, 0.4) is 0 Å². The van der Waals surface area contributed by atoms with E-state index in [1.54, 1.807) is 18.7 Å². The van der Waals surface area contributed by atoms with Gasteiger partial charge in [-0.3, -0.25) is 9.59 Å². The summed E-state index contributed by atoms with van der Waals surface area (Å²) in [7, 11) is 0. The predicted octanol–water partition coefficient (Wildman–Crippen LogP) is 1.79. The quantitative estimate of drug-likeness (QED) is 0.573. The van der Waals surface area contributed by atoms with Crippen LogP contribution in [0.25, 0.3) is 0 Å². The molecule has 0 spiro atoms. The average Bonchev–Trinajstić information content (AvgIpc) is 2.43. The SMILES string of the molecule is CCOC(=O)C(N)CCSCC(=O)N1CCCCCCC1. The number of nitrogens with two attached hydrogens (primary N) is 1. The van der Waals surface area contributed by atoms with E-state index in [4.69, 9.17) is 10.5 Å². The Morgan fingerprint density at radius 3 is 2.43 bits per heavy atom. The molecule has 1 aliphatic rings. The molecule has 122 valence electrons. The van der Waals surface area contributed by atoms with Crippen LogP contribution in [0.2, 0.25) is 0 Å². The Labute approximate surface area is 132 Å². The Hall–Kier alpha value is -0.750. The van der Waals surface area contributed by atoms with Gasteiger partial charge in [-0.05, 0) is 31.9 Å². The molecule has 1 rings (SSSR count). The summed E-state index contributed by atoms with van der Waals surface area (Å²) in [6.45, 7) is 3.90. The van der Waals surface area contributed by atoms with E-state index in [9.17, 15) is 9.59 Å². The molecule has 1 unspecified atom stereocenters. The molecule has 0 aromatic rings. The van der Waals surface area contributed by atoms with Crippen molar-refractivity contribution in [1.29, 1.82) is 0 Å². The highest BCUT2D eigenvalue weighted by Gasteiger charge is 2.16. The van der Waals surface area contributed by atoms with Crippen LogP contribution in [0.15, 0.2) is 0 Å². The van der Waals surface area contributed by atoms with Crippen LogP contribution in [-0.4, -0.2) is 54.0 Å². The van der Waals surface area contributed by atoms with Gasteiger partial charge in [-0.25, -0.2) is 0 Å². The third-order valence-corrected chi connectivity index (χ3v) is 4.57. The molecule has 0 aromatic carbocycles. The van der Waals surface area contributed by atoms with E-state index in [-0.39, 0.29) is 11.9 Å². The predicted molar refractivity (Wildman–Crippen MR) is 86.2 cm³/mol. The maximum Gasteiger partial charge on any atom is 0.322 e. The molecule has 6 heteroatoms. The van der Waals surface area contributed by atoms with Gasteiger partial charge >= 0.3 is 5.97 Å². The van der Waals surface area contributed by atoms with Crippen LogP contribution < -0.4 is 5.73 Å². The molecule has 1 saturated heterocycles. The number of amides is 1. The van der Waals surface area contributed by atoms with Crippen molar-refractivity contribution in [3.63, 3.8) is 0 Å². The molecule has 1 heterocycles. The number of thioether (sulfide) groups is 1. The second kappa shape index (κ2) is 10.9. The van der Waals surface area contributed by atoms with Crippen LogP contribution >= 0.6 is 11.8 Å². The largest absolute Gasteiger partial charge is 0.465 e. The molecule has 1 amide bonds. The zero-order valence-corrected chi connectivity index (χ0v) is 13.8. The number of likely N-dealkylation sites (tertiary alicyclic amines) is 1. The topological polar surface area (TPSA) is 72.6 Å². The van der Waals surface area contributed by atoms with Crippen LogP contribution in [0.1, 0.15) is 45.4 Å². The van der Waals surface area contributed by atoms with Crippen molar-refractivity contribution < 1.29 is 14.3 Å². The Bertz CT molecular complexity index is 318. The van der Waals surface area contributed by atoms with Gasteiger partial charge in [0.1, 0.15) is 6.04 Å². The van der Waals surface area contributed by atoms with Crippen molar-refractivity contribution in [3.05, 3.63) is 0 Å². The fourth-order valence-electron chi connectivity index (χ4n) is 2.33. The molecule has 21 heavy (non-hydrogen) atoms. The first-order chi connectivity index (χ1) is 10.1. The van der Waals surface area contributed by atoms with Crippen molar-refractivity contribution >= 4 is 23.6 Å². The fourth-order valence-corrected chi connectivity index (χ4v) is 3.25. The molecule has 0 aromatic heterocycles. The van der Waals surface area contributed by atoms with Gasteiger partial charge in [0, 0.05) is 13.1 Å². The highest BCUT2D eigenvalue weighted by molar-refractivity contribution is 7.99. The van der Waals surface area contributed by atoms with Crippen LogP contribution in [0, 0.1) is 0 Å². The van der Waals surface area contributed by atoms with Crippen molar-refractivity contribution in [2.75, 3.05) is 31.2 Å². The lowest BCUT2D eigenvalue weighted by molar-refractivity contribution is -0.144. The van der Waals surface area contributed by atoms with Gasteiger partial charge in [-0.1, -0.05) is 19.3 Å². The molecular formula is C15H28N2O3S. The number of ether oxygens (including phenoxy) is 1. The van der Waals surface area contributed by atoms with Gasteiger partial charge in [0.25, 0.3) is 0 Å². The Kier molecular flexibility index (Phi) is 9.50. The van der Waals surface area contributed by atoms with Crippen LogP contribution in [0.5, 0.6) is 0 Å². The summed E-state index contributed by atoms with van der Waals surface area (Å²) in [5.74, 6) is 1.05. The van der Waals surface area contributed by atoms with Crippen molar-refractivity contribution in [3.8, 4) is 0 Å². The van der Waals surface area contributed by atoms with Crippen molar-refractivity contribution in [1.82, 2.24) is 4.90 Å². The average molecular weight is 316 g/mol. The molecule has 1 fully saturated rings. The Morgan fingerprint density at radius 1 is 1.19 bits per heavy atom. The highest BCUT2D eigenvalue weighted by atomic mass is 32.2. The minimum atomic E-state index is -0.575. The summed E-state index contributed by atoms with van der Waals surface area (Å²) in [6, 6.07) is -0.575. The lowest BCUT2D eigenvalue weighted by Gasteiger charge is -2.24. The number of carbonyl (C=O) groups excluding carboxylic acids is 2. The van der Waals surface area contributed by atoms with Crippen molar-refractivity contribution in [2.24, 2.45) is 5.73 Å². The van der Waals surface area contributed by atoms with Crippen molar-refractivity contribution in [2.45, 2.75) is 51.5 Å². The maximum atomic E-state index is 12.1. The van der Waals surface area contributed by atoms with E-state index in [1.807, 2.05) is 4.90 Å². The van der Waals surface area contributed by atoms with E-state index in [2.05, 4.69) is 0 Å². The molecule has 1 aliphatic heterocycles. The summed E-state index contributed by atoms with van der Waals surface area (Å²) >= 11 is 1.55. The number of hydrogen-bond acceptors (Lipinski definition) is 5. The van der Waals surface area contributed by atoms with Gasteiger partial charge in [-0.2, -0.15) is 11.8 Å². The van der Waals surface area contributed by atoms with Gasteiger partial charge in [-0.15, -0.1) is 0 Å². The standard InChI is InChI=1S/C15H28N2O3S/c1-2-20-15(19)13(16)8-11-21-12-14(18)17-9-6-4-3-5-7-10-17/h13H,2-12,16H2,1H3. The highest BCUT2D eigenvalue weighted by Crippen LogP contribution is 2.13. The van der Waals surface area contributed by atoms with E-state index < -0.39 is 6.04 Å². The first-order valence-corrected chi connectivity index (χ1v) is 9.08. The first kappa shape index (κ1) is 18.3. The monoisotopic (exact) mass is 316 g/mol. The lowest BCUT2D eigenvalue weighted by Crippen LogP contribution is -2.35. The van der Waals surface area contributed by atoms with Gasteiger partial charge in [0.05, 0.1) is 12.4 Å². The summed E-state index contributed by atoms with van der Waals surface area (Å²) in [5.41, 5.74) is 5.72. The fraction of sp³-hybridized carbons (Fsp3) is 0.867. The van der Waals surface area contributed by atoms with Gasteiger partial charge in [0.15, 0.2) is 0 Å². The zero-order valence-electron chi connectivity index (χ0n) is 13.0. The number of esters is 1. The molecule has 2 N–H and O–H groups in total. The second-order valence-electron chi connectivity index (χ2n) is 5.35. The Morgan fingerprint density at radius 2 is 1.81 bits per heavy atom. The summed E-state index contributed by atoms with van der Waals surface area (Å²) < 4.78 is 4.85. The summed E-state index contributed by atoms with van der Waals surface area (Å²) in [4.78, 5) is 25.5. The van der Waals surface area contributed by atoms with E-state index in [0.29, 0.717) is 24.5 Å². The van der Waals surface area contributed by atoms with E-state index >= 15 is 0 Å². The normalized spacial score (nSPS) is 17.7. The third kappa shape index (κ3) is 7.71. The molecule has 0 radical (unpaired) electrons. The lowest BCUT2D eigenvalue weighted by atomic mass is 10.1. The van der Waals surface area contributed by atoms with Gasteiger partial charge in [0.2, 0.25) is 5.91 Å². The summed E-state index contributed by atoms with van der Waals surface area (Å²) in [5, 5.41) is 0. The number of nitrogens with zero attached hydrogens (tertiary/aromatic N) is 1. The molecule has 0 saturated carbocycles. The zero-order chi connectivity index (χ0) is 15.5. The van der Waals surface area contributed by atoms with Crippen LogP contribution in [-0.2, 0) is 14.3 Å². The maximum absolute atomic E-state index is 12.1. The molecule has 5 nitrogen and oxygen atoms in total. The second-order valence-corrected chi connectivity index (χ2v) is 6.45. The Balaban J connectivity index is 2.16. The molecule has 1 atom stereocenters. The van der Waals surface area contributed by atoms with E-state index in [1.165, 1.54) is 19.3 Å². The number of rotatable bonds is 7. The number of hydrogen-bond donors (Lipinski definition) is 1. The molecule has 0 bridgehead atoms.